The predicted octanol–water partition coefficient (Wildman–Crippen LogP) is 2.01. The lowest BCUT2D eigenvalue weighted by atomic mass is 9.86. The number of ketones is 1. The summed E-state index contributed by atoms with van der Waals surface area (Å²) in [6.07, 6.45) is 8.35. The highest BCUT2D eigenvalue weighted by Crippen LogP contribution is 2.35. The van der Waals surface area contributed by atoms with Crippen molar-refractivity contribution in [1.82, 2.24) is 0 Å². The Morgan fingerprint density at radius 2 is 2.18 bits per heavy atom. The van der Waals surface area contributed by atoms with E-state index in [0.29, 0.717) is 12.3 Å². The zero-order valence-corrected chi connectivity index (χ0v) is 7.18. The van der Waals surface area contributed by atoms with Crippen LogP contribution in [-0.2, 0) is 4.79 Å². The summed E-state index contributed by atoms with van der Waals surface area (Å²) in [5.74, 6) is 3.40. The van der Waals surface area contributed by atoms with Crippen molar-refractivity contribution in [3.05, 3.63) is 0 Å². The van der Waals surface area contributed by atoms with E-state index in [2.05, 4.69) is 5.92 Å². The minimum Gasteiger partial charge on any atom is -0.298 e. The number of terminal acetylenes is 1. The van der Waals surface area contributed by atoms with Crippen LogP contribution >= 0.6 is 0 Å². The molecule has 0 amide bonds. The molecule has 0 aliphatic heterocycles. The molecule has 1 saturated carbocycles. The molecule has 0 unspecified atom stereocenters. The SMILES string of the molecule is C#CC(C)(C)C(=O)CC1CC1. The van der Waals surface area contributed by atoms with Gasteiger partial charge in [0.1, 0.15) is 0 Å². The van der Waals surface area contributed by atoms with Gasteiger partial charge in [0.2, 0.25) is 0 Å². The van der Waals surface area contributed by atoms with Crippen LogP contribution < -0.4 is 0 Å². The molecule has 1 fully saturated rings. The summed E-state index contributed by atoms with van der Waals surface area (Å²) in [5.41, 5.74) is -0.539. The van der Waals surface area contributed by atoms with Crippen molar-refractivity contribution in [2.24, 2.45) is 11.3 Å². The summed E-state index contributed by atoms with van der Waals surface area (Å²) >= 11 is 0. The van der Waals surface area contributed by atoms with E-state index in [1.54, 1.807) is 0 Å². The van der Waals surface area contributed by atoms with Crippen LogP contribution in [0.15, 0.2) is 0 Å². The summed E-state index contributed by atoms with van der Waals surface area (Å²) < 4.78 is 0. The van der Waals surface area contributed by atoms with Crippen molar-refractivity contribution in [2.75, 3.05) is 0 Å². The second-order valence-corrected chi connectivity index (χ2v) is 3.84. The lowest BCUT2D eigenvalue weighted by Crippen LogP contribution is -2.22. The van der Waals surface area contributed by atoms with Gasteiger partial charge in [-0.1, -0.05) is 5.92 Å². The molecule has 0 atom stereocenters. The van der Waals surface area contributed by atoms with Gasteiger partial charge >= 0.3 is 0 Å². The zero-order chi connectivity index (χ0) is 8.48. The first kappa shape index (κ1) is 8.33. The first-order chi connectivity index (χ1) is 5.06. The molecule has 1 nitrogen and oxygen atoms in total. The van der Waals surface area contributed by atoms with Crippen molar-refractivity contribution in [2.45, 2.75) is 33.1 Å². The highest BCUT2D eigenvalue weighted by atomic mass is 16.1. The first-order valence-electron chi connectivity index (χ1n) is 4.07. The van der Waals surface area contributed by atoms with E-state index in [0.717, 1.165) is 0 Å². The standard InChI is InChI=1S/C10H14O/c1-4-10(2,3)9(11)7-8-5-6-8/h1,8H,5-7H2,2-3H3. The van der Waals surface area contributed by atoms with Crippen LogP contribution in [0.4, 0.5) is 0 Å². The Labute approximate surface area is 68.2 Å². The van der Waals surface area contributed by atoms with E-state index in [1.165, 1.54) is 12.8 Å². The second kappa shape index (κ2) is 2.70. The van der Waals surface area contributed by atoms with Crippen LogP contribution in [0.3, 0.4) is 0 Å². The van der Waals surface area contributed by atoms with Crippen LogP contribution in [0.1, 0.15) is 33.1 Å². The van der Waals surface area contributed by atoms with Crippen molar-refractivity contribution >= 4 is 5.78 Å². The smallest absolute Gasteiger partial charge is 0.150 e. The summed E-state index contributed by atoms with van der Waals surface area (Å²) in [6.45, 7) is 3.63. The van der Waals surface area contributed by atoms with Gasteiger partial charge in [-0.05, 0) is 32.6 Å². The number of carbonyl (C=O) groups excluding carboxylic acids is 1. The van der Waals surface area contributed by atoms with Crippen molar-refractivity contribution in [3.63, 3.8) is 0 Å². The third-order valence-corrected chi connectivity index (χ3v) is 2.23. The topological polar surface area (TPSA) is 17.1 Å². The Hall–Kier alpha value is -0.770. The minimum atomic E-state index is -0.539. The maximum Gasteiger partial charge on any atom is 0.150 e. The first-order valence-corrected chi connectivity index (χ1v) is 4.07. The molecule has 0 heterocycles. The third-order valence-electron chi connectivity index (χ3n) is 2.23. The Morgan fingerprint density at radius 1 is 1.64 bits per heavy atom. The lowest BCUT2D eigenvalue weighted by molar-refractivity contribution is -0.124. The van der Waals surface area contributed by atoms with E-state index in [9.17, 15) is 4.79 Å². The highest BCUT2D eigenvalue weighted by Gasteiger charge is 2.31. The highest BCUT2D eigenvalue weighted by molar-refractivity contribution is 5.87. The zero-order valence-electron chi connectivity index (χ0n) is 7.18. The van der Waals surface area contributed by atoms with Gasteiger partial charge in [-0.2, -0.15) is 0 Å². The Bertz CT molecular complexity index is 203. The molecule has 0 aromatic carbocycles. The number of hydrogen-bond acceptors (Lipinski definition) is 1. The molecule has 0 bridgehead atoms. The molecular formula is C10H14O. The molecule has 0 aromatic rings. The summed E-state index contributed by atoms with van der Waals surface area (Å²) in [5, 5.41) is 0. The summed E-state index contributed by atoms with van der Waals surface area (Å²) in [7, 11) is 0. The van der Waals surface area contributed by atoms with Gasteiger partial charge in [-0.25, -0.2) is 0 Å². The van der Waals surface area contributed by atoms with E-state index < -0.39 is 5.41 Å². The molecule has 0 radical (unpaired) electrons. The van der Waals surface area contributed by atoms with E-state index >= 15 is 0 Å². The molecule has 0 aromatic heterocycles. The Kier molecular flexibility index (Phi) is 2.04. The van der Waals surface area contributed by atoms with Crippen LogP contribution in [-0.4, -0.2) is 5.78 Å². The lowest BCUT2D eigenvalue weighted by Gasteiger charge is -2.14. The number of rotatable bonds is 3. The number of carbonyl (C=O) groups is 1. The van der Waals surface area contributed by atoms with Gasteiger partial charge in [0.05, 0.1) is 5.41 Å². The van der Waals surface area contributed by atoms with Gasteiger partial charge < -0.3 is 0 Å². The minimum absolute atomic E-state index is 0.225. The Balaban J connectivity index is 2.46. The average Bonchev–Trinajstić information content (AvgIpc) is 2.72. The van der Waals surface area contributed by atoms with Crippen molar-refractivity contribution < 1.29 is 4.79 Å². The number of Topliss-reactive ketones (excluding diaryl/α,β-unsaturated/α-hetero) is 1. The fourth-order valence-electron chi connectivity index (χ4n) is 0.920. The molecule has 11 heavy (non-hydrogen) atoms. The van der Waals surface area contributed by atoms with Gasteiger partial charge in [-0.15, -0.1) is 6.42 Å². The van der Waals surface area contributed by atoms with Gasteiger partial charge in [0, 0.05) is 6.42 Å². The van der Waals surface area contributed by atoms with Gasteiger partial charge in [-0.3, -0.25) is 4.79 Å². The largest absolute Gasteiger partial charge is 0.298 e. The molecule has 1 aliphatic rings. The van der Waals surface area contributed by atoms with Gasteiger partial charge in [0.15, 0.2) is 5.78 Å². The molecule has 0 spiro atoms. The third kappa shape index (κ3) is 2.08. The molecule has 0 N–H and O–H groups in total. The average molecular weight is 150 g/mol. The van der Waals surface area contributed by atoms with Crippen LogP contribution in [0.25, 0.3) is 0 Å². The van der Waals surface area contributed by atoms with Crippen molar-refractivity contribution in [3.8, 4) is 12.3 Å². The maximum absolute atomic E-state index is 11.4. The molecule has 1 aliphatic carbocycles. The fourth-order valence-corrected chi connectivity index (χ4v) is 0.920. The maximum atomic E-state index is 11.4. The summed E-state index contributed by atoms with van der Waals surface area (Å²) in [6, 6.07) is 0. The van der Waals surface area contributed by atoms with Crippen LogP contribution in [0, 0.1) is 23.7 Å². The van der Waals surface area contributed by atoms with Crippen molar-refractivity contribution in [1.29, 1.82) is 0 Å². The van der Waals surface area contributed by atoms with Crippen LogP contribution in [0.5, 0.6) is 0 Å². The number of hydrogen-bond donors (Lipinski definition) is 0. The monoisotopic (exact) mass is 150 g/mol. The Morgan fingerprint density at radius 3 is 2.55 bits per heavy atom. The molecule has 0 saturated heterocycles. The molecule has 1 heteroatoms. The quantitative estimate of drug-likeness (QED) is 0.562. The summed E-state index contributed by atoms with van der Waals surface area (Å²) in [4.78, 5) is 11.4. The van der Waals surface area contributed by atoms with E-state index in [4.69, 9.17) is 6.42 Å². The second-order valence-electron chi connectivity index (χ2n) is 3.84. The normalized spacial score (nSPS) is 17.5. The predicted molar refractivity (Wildman–Crippen MR) is 45.0 cm³/mol. The fraction of sp³-hybridized carbons (Fsp3) is 0.700. The molecule has 60 valence electrons. The van der Waals surface area contributed by atoms with Gasteiger partial charge in [0.25, 0.3) is 0 Å². The van der Waals surface area contributed by atoms with E-state index in [-0.39, 0.29) is 5.78 Å². The van der Waals surface area contributed by atoms with Crippen LogP contribution in [0.2, 0.25) is 0 Å². The molecule has 1 rings (SSSR count). The molecular weight excluding hydrogens is 136 g/mol. The van der Waals surface area contributed by atoms with E-state index in [1.807, 2.05) is 13.8 Å².